The summed E-state index contributed by atoms with van der Waals surface area (Å²) >= 11 is 1.56. The second-order valence-electron chi connectivity index (χ2n) is 5.93. The fourth-order valence-electron chi connectivity index (χ4n) is 2.69. The first kappa shape index (κ1) is 18.1. The van der Waals surface area contributed by atoms with Crippen molar-refractivity contribution in [2.75, 3.05) is 0 Å². The van der Waals surface area contributed by atoms with E-state index in [-0.39, 0.29) is 10.6 Å². The molecule has 26 heavy (non-hydrogen) atoms. The Bertz CT molecular complexity index is 880. The Kier molecular flexibility index (Phi) is 6.01. The molecular weight excluding hydrogens is 348 g/mol. The zero-order valence-electron chi connectivity index (χ0n) is 14.5. The summed E-state index contributed by atoms with van der Waals surface area (Å²) in [4.78, 5) is 10.5. The molecule has 6 nitrogen and oxygen atoms in total. The Morgan fingerprint density at radius 3 is 2.58 bits per heavy atom. The van der Waals surface area contributed by atoms with Crippen molar-refractivity contribution in [3.8, 4) is 0 Å². The van der Waals surface area contributed by atoms with E-state index in [1.54, 1.807) is 23.9 Å². The maximum atomic E-state index is 10.9. The van der Waals surface area contributed by atoms with Gasteiger partial charge in [-0.2, -0.15) is 0 Å². The summed E-state index contributed by atoms with van der Waals surface area (Å²) < 4.78 is 2.15. The molecule has 134 valence electrons. The molecule has 3 aromatic rings. The quantitative estimate of drug-likeness (QED) is 0.333. The number of nitro benzene ring substituents is 1. The molecule has 1 aromatic heterocycles. The third kappa shape index (κ3) is 4.49. The molecule has 0 atom stereocenters. The summed E-state index contributed by atoms with van der Waals surface area (Å²) in [6, 6.07) is 16.9. The predicted octanol–water partition coefficient (Wildman–Crippen LogP) is 4.48. The summed E-state index contributed by atoms with van der Waals surface area (Å²) in [5.74, 6) is 1.56. The van der Waals surface area contributed by atoms with Crippen LogP contribution < -0.4 is 0 Å². The molecule has 0 saturated carbocycles. The van der Waals surface area contributed by atoms with E-state index in [1.165, 1.54) is 11.6 Å². The van der Waals surface area contributed by atoms with E-state index in [4.69, 9.17) is 0 Å². The van der Waals surface area contributed by atoms with Gasteiger partial charge in [0.25, 0.3) is 5.69 Å². The van der Waals surface area contributed by atoms with E-state index in [9.17, 15) is 10.1 Å². The highest BCUT2D eigenvalue weighted by Gasteiger charge is 2.13. The average molecular weight is 368 g/mol. The van der Waals surface area contributed by atoms with Crippen LogP contribution in [0.1, 0.15) is 30.3 Å². The molecule has 0 spiro atoms. The number of hydrogen-bond donors (Lipinski definition) is 0. The fourth-order valence-corrected chi connectivity index (χ4v) is 3.62. The van der Waals surface area contributed by atoms with Crippen LogP contribution in [-0.4, -0.2) is 19.7 Å². The smallest absolute Gasteiger partial charge is 0.269 e. The van der Waals surface area contributed by atoms with Crippen LogP contribution in [0.15, 0.2) is 59.8 Å². The van der Waals surface area contributed by atoms with Gasteiger partial charge in [0.2, 0.25) is 0 Å². The highest BCUT2D eigenvalue weighted by atomic mass is 32.2. The van der Waals surface area contributed by atoms with Crippen molar-refractivity contribution < 1.29 is 4.92 Å². The molecule has 0 radical (unpaired) electrons. The highest BCUT2D eigenvalue weighted by molar-refractivity contribution is 7.98. The Hall–Kier alpha value is -2.67. The average Bonchev–Trinajstić information content (AvgIpc) is 3.03. The molecule has 1 heterocycles. The van der Waals surface area contributed by atoms with Gasteiger partial charge < -0.3 is 4.57 Å². The van der Waals surface area contributed by atoms with Gasteiger partial charge in [-0.3, -0.25) is 10.1 Å². The van der Waals surface area contributed by atoms with E-state index in [2.05, 4.69) is 33.8 Å². The van der Waals surface area contributed by atoms with Crippen molar-refractivity contribution in [3.05, 3.63) is 81.7 Å². The Labute approximate surface area is 156 Å². The van der Waals surface area contributed by atoms with Crippen LogP contribution in [-0.2, 0) is 18.7 Å². The van der Waals surface area contributed by atoms with Crippen LogP contribution in [0.4, 0.5) is 5.69 Å². The first-order chi connectivity index (χ1) is 12.7. The third-order valence-corrected chi connectivity index (χ3v) is 4.97. The van der Waals surface area contributed by atoms with Crippen LogP contribution in [0.3, 0.4) is 0 Å². The highest BCUT2D eigenvalue weighted by Crippen LogP contribution is 2.25. The van der Waals surface area contributed by atoms with Gasteiger partial charge in [0.1, 0.15) is 5.82 Å². The summed E-state index contributed by atoms with van der Waals surface area (Å²) in [6.07, 6.45) is 1.73. The maximum Gasteiger partial charge on any atom is 0.269 e. The normalized spacial score (nSPS) is 10.8. The first-order valence-electron chi connectivity index (χ1n) is 8.49. The third-order valence-electron chi connectivity index (χ3n) is 3.94. The summed E-state index contributed by atoms with van der Waals surface area (Å²) in [5.41, 5.74) is 2.22. The number of hydrogen-bond acceptors (Lipinski definition) is 5. The Morgan fingerprint density at radius 1 is 1.08 bits per heavy atom. The lowest BCUT2D eigenvalue weighted by molar-refractivity contribution is -0.384. The number of aromatic nitrogens is 3. The minimum Gasteiger partial charge on any atom is -0.306 e. The molecule has 0 bridgehead atoms. The Balaban J connectivity index is 1.75. The zero-order valence-corrected chi connectivity index (χ0v) is 15.4. The minimum absolute atomic E-state index is 0.114. The van der Waals surface area contributed by atoms with Crippen LogP contribution >= 0.6 is 11.8 Å². The molecular formula is C19H20N4O2S. The second-order valence-corrected chi connectivity index (χ2v) is 6.87. The predicted molar refractivity (Wildman–Crippen MR) is 102 cm³/mol. The molecule has 0 aliphatic heterocycles. The first-order valence-corrected chi connectivity index (χ1v) is 9.48. The molecule has 0 unspecified atom stereocenters. The monoisotopic (exact) mass is 368 g/mol. The van der Waals surface area contributed by atoms with Crippen molar-refractivity contribution in [1.82, 2.24) is 14.8 Å². The van der Waals surface area contributed by atoms with Crippen LogP contribution in [0.25, 0.3) is 0 Å². The standard InChI is InChI=1S/C19H20N4O2S/c1-2-11-22-18(13-15-7-4-3-5-8-15)20-21-19(22)26-14-16-9-6-10-17(12-16)23(24)25/h3-10,12H,2,11,13-14H2,1H3. The van der Waals surface area contributed by atoms with Crippen LogP contribution in [0, 0.1) is 10.1 Å². The van der Waals surface area contributed by atoms with Crippen molar-refractivity contribution in [1.29, 1.82) is 0 Å². The molecule has 0 fully saturated rings. The number of benzene rings is 2. The lowest BCUT2D eigenvalue weighted by atomic mass is 10.1. The fraction of sp³-hybridized carbons (Fsp3) is 0.263. The van der Waals surface area contributed by atoms with E-state index >= 15 is 0 Å². The van der Waals surface area contributed by atoms with E-state index < -0.39 is 0 Å². The molecule has 0 N–H and O–H groups in total. The van der Waals surface area contributed by atoms with Crippen LogP contribution in [0.5, 0.6) is 0 Å². The van der Waals surface area contributed by atoms with Crippen molar-refractivity contribution in [2.45, 2.75) is 37.2 Å². The molecule has 0 amide bonds. The van der Waals surface area contributed by atoms with Crippen molar-refractivity contribution in [3.63, 3.8) is 0 Å². The van der Waals surface area contributed by atoms with Gasteiger partial charge in [-0.1, -0.05) is 61.2 Å². The minimum atomic E-state index is -0.369. The molecule has 7 heteroatoms. The van der Waals surface area contributed by atoms with Gasteiger partial charge in [-0.25, -0.2) is 0 Å². The largest absolute Gasteiger partial charge is 0.306 e. The van der Waals surface area contributed by atoms with Gasteiger partial charge in [0.05, 0.1) is 4.92 Å². The number of nitro groups is 1. The van der Waals surface area contributed by atoms with Gasteiger partial charge in [0.15, 0.2) is 5.16 Å². The lowest BCUT2D eigenvalue weighted by Gasteiger charge is -2.09. The Morgan fingerprint density at radius 2 is 1.85 bits per heavy atom. The number of nitrogens with zero attached hydrogens (tertiary/aromatic N) is 4. The molecule has 0 aliphatic carbocycles. The molecule has 0 aliphatic rings. The van der Waals surface area contributed by atoms with E-state index in [1.807, 2.05) is 24.3 Å². The van der Waals surface area contributed by atoms with Gasteiger partial charge in [0, 0.05) is 30.9 Å². The number of rotatable bonds is 8. The number of non-ortho nitro benzene ring substituents is 1. The van der Waals surface area contributed by atoms with E-state index in [0.717, 1.165) is 35.9 Å². The summed E-state index contributed by atoms with van der Waals surface area (Å²) in [6.45, 7) is 2.98. The van der Waals surface area contributed by atoms with Crippen LogP contribution in [0.2, 0.25) is 0 Å². The van der Waals surface area contributed by atoms with Gasteiger partial charge in [-0.05, 0) is 17.5 Å². The molecule has 2 aromatic carbocycles. The van der Waals surface area contributed by atoms with Crippen molar-refractivity contribution in [2.24, 2.45) is 0 Å². The molecule has 3 rings (SSSR count). The summed E-state index contributed by atoms with van der Waals surface area (Å²) in [7, 11) is 0. The maximum absolute atomic E-state index is 10.9. The second kappa shape index (κ2) is 8.62. The SMILES string of the molecule is CCCn1c(Cc2ccccc2)nnc1SCc1cccc([N+](=O)[O-])c1. The lowest BCUT2D eigenvalue weighted by Crippen LogP contribution is -2.05. The zero-order chi connectivity index (χ0) is 18.4. The number of thioether (sulfide) groups is 1. The van der Waals surface area contributed by atoms with E-state index in [0.29, 0.717) is 5.75 Å². The van der Waals surface area contributed by atoms with Gasteiger partial charge >= 0.3 is 0 Å². The molecule has 0 saturated heterocycles. The topological polar surface area (TPSA) is 73.8 Å². The van der Waals surface area contributed by atoms with Gasteiger partial charge in [-0.15, -0.1) is 10.2 Å². The van der Waals surface area contributed by atoms with Crippen molar-refractivity contribution >= 4 is 17.4 Å². The summed E-state index contributed by atoms with van der Waals surface area (Å²) in [5, 5.41) is 20.5.